The summed E-state index contributed by atoms with van der Waals surface area (Å²) in [5.41, 5.74) is 3.53. The Labute approximate surface area is 205 Å². The van der Waals surface area contributed by atoms with E-state index in [1.807, 2.05) is 12.1 Å². The molecule has 188 valence electrons. The Morgan fingerprint density at radius 1 is 1.00 bits per heavy atom. The molecule has 2 aromatic rings. The van der Waals surface area contributed by atoms with E-state index in [-0.39, 0.29) is 23.2 Å². The number of methoxy groups -OCH3 is 1. The van der Waals surface area contributed by atoms with Crippen LogP contribution in [-0.2, 0) is 25.9 Å². The number of sulfone groups is 1. The van der Waals surface area contributed by atoms with Gasteiger partial charge in [-0.3, -0.25) is 10.0 Å². The number of amides is 1. The van der Waals surface area contributed by atoms with E-state index in [1.165, 1.54) is 19.2 Å². The molecule has 1 heterocycles. The molecule has 1 aliphatic heterocycles. The number of esters is 1. The fourth-order valence-electron chi connectivity index (χ4n) is 5.34. The van der Waals surface area contributed by atoms with Crippen molar-refractivity contribution in [1.29, 1.82) is 0 Å². The van der Waals surface area contributed by atoms with Gasteiger partial charge in [0.2, 0.25) is 0 Å². The number of hydrogen-bond acceptors (Lipinski definition) is 8. The molecule has 4 rings (SSSR count). The zero-order valence-electron chi connectivity index (χ0n) is 19.7. The first-order chi connectivity index (χ1) is 16.7. The van der Waals surface area contributed by atoms with Crippen molar-refractivity contribution in [2.45, 2.75) is 48.3 Å². The number of anilines is 1. The lowest BCUT2D eigenvalue weighted by molar-refractivity contribution is -0.132. The monoisotopic (exact) mass is 501 g/mol. The molecule has 1 unspecified atom stereocenters. The van der Waals surface area contributed by atoms with Gasteiger partial charge in [0, 0.05) is 12.2 Å². The van der Waals surface area contributed by atoms with Crippen LogP contribution < -0.4 is 16.1 Å². The maximum atomic E-state index is 13.7. The van der Waals surface area contributed by atoms with Crippen LogP contribution in [0.25, 0.3) is 0 Å². The Hall–Kier alpha value is -2.95. The zero-order valence-corrected chi connectivity index (χ0v) is 20.5. The molecular weight excluding hydrogens is 470 g/mol. The van der Waals surface area contributed by atoms with E-state index in [0.717, 1.165) is 31.5 Å². The van der Waals surface area contributed by atoms with Crippen molar-refractivity contribution in [3.8, 4) is 0 Å². The first-order valence-electron chi connectivity index (χ1n) is 11.7. The number of ether oxygens (including phenoxy) is 1. The molecule has 0 bridgehead atoms. The number of rotatable bonds is 7. The summed E-state index contributed by atoms with van der Waals surface area (Å²) in [5, 5.41) is 15.9. The minimum Gasteiger partial charge on any atom is -0.465 e. The molecule has 2 aromatic carbocycles. The van der Waals surface area contributed by atoms with E-state index in [1.54, 1.807) is 29.7 Å². The highest BCUT2D eigenvalue weighted by Crippen LogP contribution is 2.54. The van der Waals surface area contributed by atoms with Gasteiger partial charge in [0.25, 0.3) is 5.91 Å². The second-order valence-electron chi connectivity index (χ2n) is 9.43. The van der Waals surface area contributed by atoms with Crippen LogP contribution in [0.15, 0.2) is 53.4 Å². The van der Waals surface area contributed by atoms with Gasteiger partial charge >= 0.3 is 5.97 Å². The smallest absolute Gasteiger partial charge is 0.337 e. The van der Waals surface area contributed by atoms with Crippen LogP contribution in [0, 0.1) is 5.41 Å². The third-order valence-corrected chi connectivity index (χ3v) is 9.91. The first-order valence-corrected chi connectivity index (χ1v) is 13.1. The van der Waals surface area contributed by atoms with Crippen molar-refractivity contribution in [3.05, 3.63) is 59.7 Å². The van der Waals surface area contributed by atoms with E-state index in [0.29, 0.717) is 24.2 Å². The second-order valence-corrected chi connectivity index (χ2v) is 11.7. The van der Waals surface area contributed by atoms with Crippen molar-refractivity contribution in [1.82, 2.24) is 10.8 Å². The number of carbonyl (C=O) groups is 2. The molecule has 35 heavy (non-hydrogen) atoms. The first kappa shape index (κ1) is 25.2. The van der Waals surface area contributed by atoms with Crippen molar-refractivity contribution < 1.29 is 28.0 Å². The summed E-state index contributed by atoms with van der Waals surface area (Å²) in [4.78, 5) is 24.4. The van der Waals surface area contributed by atoms with Gasteiger partial charge < -0.3 is 15.4 Å². The number of benzene rings is 2. The Morgan fingerprint density at radius 2 is 1.66 bits per heavy atom. The fraction of sp³-hybridized carbons (Fsp3) is 0.440. The highest BCUT2D eigenvalue weighted by molar-refractivity contribution is 7.93. The molecule has 9 nitrogen and oxygen atoms in total. The van der Waals surface area contributed by atoms with Crippen LogP contribution in [0.1, 0.15) is 48.0 Å². The fourth-order valence-corrected chi connectivity index (χ4v) is 7.44. The van der Waals surface area contributed by atoms with E-state index < -0.39 is 26.5 Å². The Balaban J connectivity index is 1.50. The second kappa shape index (κ2) is 9.96. The minimum absolute atomic E-state index is 0.0556. The van der Waals surface area contributed by atoms with E-state index >= 15 is 0 Å². The standard InChI is InChI=1S/C25H31N3O6S/c1-34-22(29)19-4-2-18(3-5-19)16-27-20-6-8-21(9-7-20)35(32,33)25(23(30)28-31)11-10-24(17-25)12-14-26-15-13-24/h2-9,26-27,31H,10-17H2,1H3,(H,28,30). The lowest BCUT2D eigenvalue weighted by atomic mass is 9.77. The zero-order chi connectivity index (χ0) is 25.1. The van der Waals surface area contributed by atoms with Crippen molar-refractivity contribution >= 4 is 27.4 Å². The molecule has 10 heteroatoms. The van der Waals surface area contributed by atoms with Gasteiger partial charge in [-0.1, -0.05) is 12.1 Å². The van der Waals surface area contributed by atoms with Crippen molar-refractivity contribution in [3.63, 3.8) is 0 Å². The van der Waals surface area contributed by atoms with E-state index in [4.69, 9.17) is 4.74 Å². The maximum Gasteiger partial charge on any atom is 0.337 e. The molecule has 0 radical (unpaired) electrons. The summed E-state index contributed by atoms with van der Waals surface area (Å²) < 4.78 is 30.5. The van der Waals surface area contributed by atoms with Crippen molar-refractivity contribution in [2.75, 3.05) is 25.5 Å². The number of nitrogens with one attached hydrogen (secondary N) is 3. The molecule has 2 fully saturated rings. The number of hydrogen-bond donors (Lipinski definition) is 4. The predicted octanol–water partition coefficient (Wildman–Crippen LogP) is 2.66. The number of carbonyl (C=O) groups excluding carboxylic acids is 2. The average molecular weight is 502 g/mol. The summed E-state index contributed by atoms with van der Waals surface area (Å²) >= 11 is 0. The lowest BCUT2D eigenvalue weighted by Gasteiger charge is -2.36. The maximum absolute atomic E-state index is 13.7. The number of hydroxylamine groups is 1. The highest BCUT2D eigenvalue weighted by atomic mass is 32.2. The summed E-state index contributed by atoms with van der Waals surface area (Å²) in [6.45, 7) is 2.06. The van der Waals surface area contributed by atoms with Crippen LogP contribution in [-0.4, -0.2) is 50.4 Å². The molecule has 4 N–H and O–H groups in total. The van der Waals surface area contributed by atoms with Gasteiger partial charge in [0.05, 0.1) is 17.6 Å². The normalized spacial score (nSPS) is 21.4. The van der Waals surface area contributed by atoms with Gasteiger partial charge in [-0.25, -0.2) is 18.7 Å². The van der Waals surface area contributed by atoms with Crippen LogP contribution in [0.2, 0.25) is 0 Å². The van der Waals surface area contributed by atoms with Gasteiger partial charge in [-0.05, 0) is 92.6 Å². The molecule has 0 aromatic heterocycles. The predicted molar refractivity (Wildman–Crippen MR) is 130 cm³/mol. The van der Waals surface area contributed by atoms with Crippen LogP contribution in [0.5, 0.6) is 0 Å². The minimum atomic E-state index is -4.05. The molecule has 2 aliphatic rings. The summed E-state index contributed by atoms with van der Waals surface area (Å²) in [7, 11) is -2.72. The van der Waals surface area contributed by atoms with Crippen molar-refractivity contribution in [2.24, 2.45) is 5.41 Å². The quantitative estimate of drug-likeness (QED) is 0.259. The van der Waals surface area contributed by atoms with Gasteiger partial charge in [0.15, 0.2) is 14.6 Å². The average Bonchev–Trinajstić information content (AvgIpc) is 3.27. The third kappa shape index (κ3) is 4.78. The Bertz CT molecular complexity index is 1170. The SMILES string of the molecule is COC(=O)c1ccc(CNc2ccc(S(=O)(=O)C3(C(=O)NO)CCC4(CCNCC4)C3)cc2)cc1. The molecule has 1 spiro atoms. The van der Waals surface area contributed by atoms with Crippen LogP contribution >= 0.6 is 0 Å². The Kier molecular flexibility index (Phi) is 7.16. The van der Waals surface area contributed by atoms with Crippen LogP contribution in [0.4, 0.5) is 5.69 Å². The molecule has 1 aliphatic carbocycles. The van der Waals surface area contributed by atoms with Gasteiger partial charge in [-0.15, -0.1) is 0 Å². The van der Waals surface area contributed by atoms with Gasteiger partial charge in [0.1, 0.15) is 0 Å². The van der Waals surface area contributed by atoms with Crippen LogP contribution in [0.3, 0.4) is 0 Å². The molecule has 1 saturated carbocycles. The lowest BCUT2D eigenvalue weighted by Crippen LogP contribution is -2.51. The third-order valence-electron chi connectivity index (χ3n) is 7.45. The van der Waals surface area contributed by atoms with E-state index in [9.17, 15) is 23.2 Å². The molecule has 1 saturated heterocycles. The highest BCUT2D eigenvalue weighted by Gasteiger charge is 2.60. The summed E-state index contributed by atoms with van der Waals surface area (Å²) in [6.07, 6.45) is 2.65. The summed E-state index contributed by atoms with van der Waals surface area (Å²) in [5.74, 6) is -1.26. The molecule has 1 atom stereocenters. The molecular formula is C25H31N3O6S. The van der Waals surface area contributed by atoms with Gasteiger partial charge in [-0.2, -0.15) is 0 Å². The largest absolute Gasteiger partial charge is 0.465 e. The molecule has 1 amide bonds. The topological polar surface area (TPSA) is 134 Å². The number of piperidine rings is 1. The van der Waals surface area contributed by atoms with E-state index in [2.05, 4.69) is 10.6 Å². The Morgan fingerprint density at radius 3 is 2.26 bits per heavy atom. The summed E-state index contributed by atoms with van der Waals surface area (Å²) in [6, 6.07) is 13.3.